The number of anilines is 2. The molecule has 20 heavy (non-hydrogen) atoms. The highest BCUT2D eigenvalue weighted by Gasteiger charge is 2.13. The van der Waals surface area contributed by atoms with Crippen LogP contribution in [0.3, 0.4) is 0 Å². The van der Waals surface area contributed by atoms with Crippen LogP contribution in [0.15, 0.2) is 28.9 Å². The fraction of sp³-hybridized carbons (Fsp3) is 0.143. The predicted octanol–water partition coefficient (Wildman–Crippen LogP) is 3.95. The van der Waals surface area contributed by atoms with E-state index in [1.54, 1.807) is 18.2 Å². The molecule has 0 atom stereocenters. The SMILES string of the molecule is Cc1cc(NC(=O)c2cc(Br)cc(N)c2C)cnc1Cl. The van der Waals surface area contributed by atoms with E-state index >= 15 is 0 Å². The third kappa shape index (κ3) is 3.11. The van der Waals surface area contributed by atoms with Crippen molar-refractivity contribution in [2.45, 2.75) is 13.8 Å². The monoisotopic (exact) mass is 353 g/mol. The minimum absolute atomic E-state index is 0.237. The molecule has 0 fully saturated rings. The Labute approximate surface area is 130 Å². The number of pyridine rings is 1. The van der Waals surface area contributed by atoms with Gasteiger partial charge in [0.15, 0.2) is 0 Å². The molecule has 1 amide bonds. The van der Waals surface area contributed by atoms with Crippen LogP contribution >= 0.6 is 27.5 Å². The largest absolute Gasteiger partial charge is 0.398 e. The number of halogens is 2. The summed E-state index contributed by atoms with van der Waals surface area (Å²) in [7, 11) is 0. The van der Waals surface area contributed by atoms with Gasteiger partial charge in [0.05, 0.1) is 11.9 Å². The van der Waals surface area contributed by atoms with Crippen molar-refractivity contribution in [2.75, 3.05) is 11.1 Å². The fourth-order valence-corrected chi connectivity index (χ4v) is 2.34. The lowest BCUT2D eigenvalue weighted by Crippen LogP contribution is -2.14. The van der Waals surface area contributed by atoms with Crippen LogP contribution < -0.4 is 11.1 Å². The van der Waals surface area contributed by atoms with E-state index in [0.717, 1.165) is 15.6 Å². The lowest BCUT2D eigenvalue weighted by atomic mass is 10.1. The van der Waals surface area contributed by atoms with Crippen molar-refractivity contribution in [3.63, 3.8) is 0 Å². The number of nitrogens with zero attached hydrogens (tertiary/aromatic N) is 1. The quantitative estimate of drug-likeness (QED) is 0.634. The average molecular weight is 355 g/mol. The van der Waals surface area contributed by atoms with Crippen LogP contribution in [0.4, 0.5) is 11.4 Å². The summed E-state index contributed by atoms with van der Waals surface area (Å²) in [5, 5.41) is 3.21. The zero-order valence-corrected chi connectivity index (χ0v) is 13.3. The topological polar surface area (TPSA) is 68.0 Å². The Kier molecular flexibility index (Phi) is 4.30. The van der Waals surface area contributed by atoms with Crippen molar-refractivity contribution in [3.05, 3.63) is 50.7 Å². The number of carbonyl (C=O) groups is 1. The van der Waals surface area contributed by atoms with Gasteiger partial charge in [0.2, 0.25) is 0 Å². The van der Waals surface area contributed by atoms with Crippen molar-refractivity contribution < 1.29 is 4.79 Å². The van der Waals surface area contributed by atoms with Crippen molar-refractivity contribution in [1.82, 2.24) is 4.98 Å². The second-order valence-electron chi connectivity index (χ2n) is 4.45. The molecule has 104 valence electrons. The summed E-state index contributed by atoms with van der Waals surface area (Å²) in [6, 6.07) is 5.27. The zero-order chi connectivity index (χ0) is 14.9. The predicted molar refractivity (Wildman–Crippen MR) is 85.2 cm³/mol. The van der Waals surface area contributed by atoms with Gasteiger partial charge in [-0.3, -0.25) is 4.79 Å². The maximum absolute atomic E-state index is 12.3. The molecule has 3 N–H and O–H groups in total. The summed E-state index contributed by atoms with van der Waals surface area (Å²) in [4.78, 5) is 16.3. The molecule has 0 aliphatic heterocycles. The molecule has 0 aliphatic rings. The molecule has 0 aliphatic carbocycles. The molecule has 2 aromatic rings. The molecular formula is C14H13BrClN3O. The van der Waals surface area contributed by atoms with E-state index in [0.29, 0.717) is 22.1 Å². The fourth-order valence-electron chi connectivity index (χ4n) is 1.76. The van der Waals surface area contributed by atoms with Gasteiger partial charge in [0, 0.05) is 15.7 Å². The van der Waals surface area contributed by atoms with Crippen LogP contribution in [0.25, 0.3) is 0 Å². The molecule has 0 saturated heterocycles. The summed E-state index contributed by atoms with van der Waals surface area (Å²) < 4.78 is 0.760. The third-order valence-corrected chi connectivity index (χ3v) is 3.78. The van der Waals surface area contributed by atoms with Crippen molar-refractivity contribution >= 4 is 44.8 Å². The van der Waals surface area contributed by atoms with Crippen molar-refractivity contribution in [1.29, 1.82) is 0 Å². The van der Waals surface area contributed by atoms with Gasteiger partial charge >= 0.3 is 0 Å². The Balaban J connectivity index is 2.30. The molecule has 4 nitrogen and oxygen atoms in total. The second-order valence-corrected chi connectivity index (χ2v) is 5.73. The minimum Gasteiger partial charge on any atom is -0.398 e. The summed E-state index contributed by atoms with van der Waals surface area (Å²) >= 11 is 9.19. The van der Waals surface area contributed by atoms with E-state index in [2.05, 4.69) is 26.2 Å². The Morgan fingerprint density at radius 1 is 1.35 bits per heavy atom. The zero-order valence-electron chi connectivity index (χ0n) is 11.0. The summed E-state index contributed by atoms with van der Waals surface area (Å²) in [6.07, 6.45) is 1.52. The first-order valence-corrected chi connectivity index (χ1v) is 7.04. The molecule has 2 rings (SSSR count). The van der Waals surface area contributed by atoms with E-state index in [1.165, 1.54) is 6.20 Å². The first-order chi connectivity index (χ1) is 9.38. The van der Waals surface area contributed by atoms with Crippen LogP contribution in [-0.2, 0) is 0 Å². The Morgan fingerprint density at radius 2 is 2.05 bits per heavy atom. The van der Waals surface area contributed by atoms with Gasteiger partial charge in [0.1, 0.15) is 5.15 Å². The number of nitrogen functional groups attached to an aromatic ring is 1. The molecule has 0 bridgehead atoms. The number of hydrogen-bond donors (Lipinski definition) is 2. The number of rotatable bonds is 2. The van der Waals surface area contributed by atoms with Gasteiger partial charge in [-0.2, -0.15) is 0 Å². The Bertz CT molecular complexity index is 688. The van der Waals surface area contributed by atoms with E-state index in [4.69, 9.17) is 17.3 Å². The molecule has 1 heterocycles. The van der Waals surface area contributed by atoms with Gasteiger partial charge in [-0.1, -0.05) is 27.5 Å². The number of carbonyl (C=O) groups excluding carboxylic acids is 1. The molecule has 6 heteroatoms. The van der Waals surface area contributed by atoms with Crippen molar-refractivity contribution in [2.24, 2.45) is 0 Å². The standard InChI is InChI=1S/C14H13BrClN3O/c1-7-3-10(6-18-13(7)16)19-14(20)11-4-9(15)5-12(17)8(11)2/h3-6H,17H2,1-2H3,(H,19,20). The van der Waals surface area contributed by atoms with Gasteiger partial charge in [0.25, 0.3) is 5.91 Å². The number of aryl methyl sites for hydroxylation is 1. The summed E-state index contributed by atoms with van der Waals surface area (Å²) in [5.74, 6) is -0.237. The van der Waals surface area contributed by atoms with Crippen LogP contribution in [0, 0.1) is 13.8 Å². The van der Waals surface area contributed by atoms with E-state index in [-0.39, 0.29) is 5.91 Å². The lowest BCUT2D eigenvalue weighted by molar-refractivity contribution is 0.102. The lowest BCUT2D eigenvalue weighted by Gasteiger charge is -2.11. The second kappa shape index (κ2) is 5.81. The van der Waals surface area contributed by atoms with Crippen LogP contribution in [0.5, 0.6) is 0 Å². The first-order valence-electron chi connectivity index (χ1n) is 5.87. The normalized spacial score (nSPS) is 10.4. The maximum atomic E-state index is 12.3. The van der Waals surface area contributed by atoms with E-state index in [1.807, 2.05) is 13.8 Å². The molecule has 0 saturated carbocycles. The molecule has 1 aromatic carbocycles. The Hall–Kier alpha value is -1.59. The molecule has 1 aromatic heterocycles. The smallest absolute Gasteiger partial charge is 0.256 e. The van der Waals surface area contributed by atoms with E-state index in [9.17, 15) is 4.79 Å². The van der Waals surface area contributed by atoms with Gasteiger partial charge in [-0.15, -0.1) is 0 Å². The maximum Gasteiger partial charge on any atom is 0.256 e. The molecule has 0 radical (unpaired) electrons. The van der Waals surface area contributed by atoms with Crippen LogP contribution in [0.1, 0.15) is 21.5 Å². The number of aromatic nitrogens is 1. The number of hydrogen-bond acceptors (Lipinski definition) is 3. The third-order valence-electron chi connectivity index (χ3n) is 2.93. The highest BCUT2D eigenvalue weighted by atomic mass is 79.9. The number of nitrogens with one attached hydrogen (secondary N) is 1. The van der Waals surface area contributed by atoms with Gasteiger partial charge < -0.3 is 11.1 Å². The van der Waals surface area contributed by atoms with Gasteiger partial charge in [-0.05, 0) is 43.2 Å². The Morgan fingerprint density at radius 3 is 2.70 bits per heavy atom. The van der Waals surface area contributed by atoms with E-state index < -0.39 is 0 Å². The van der Waals surface area contributed by atoms with Crippen LogP contribution in [0.2, 0.25) is 5.15 Å². The van der Waals surface area contributed by atoms with Crippen molar-refractivity contribution in [3.8, 4) is 0 Å². The first kappa shape index (κ1) is 14.8. The number of amides is 1. The summed E-state index contributed by atoms with van der Waals surface area (Å²) in [6.45, 7) is 3.63. The number of benzene rings is 1. The molecule has 0 spiro atoms. The molecule has 0 unspecified atom stereocenters. The number of nitrogens with two attached hydrogens (primary N) is 1. The van der Waals surface area contributed by atoms with Gasteiger partial charge in [-0.25, -0.2) is 4.98 Å². The highest BCUT2D eigenvalue weighted by molar-refractivity contribution is 9.10. The summed E-state index contributed by atoms with van der Waals surface area (Å²) in [5.41, 5.74) is 9.07. The minimum atomic E-state index is -0.237. The average Bonchev–Trinajstić information content (AvgIpc) is 2.38. The highest BCUT2D eigenvalue weighted by Crippen LogP contribution is 2.24. The molecular weight excluding hydrogens is 342 g/mol. The van der Waals surface area contributed by atoms with Crippen LogP contribution in [-0.4, -0.2) is 10.9 Å².